The van der Waals surface area contributed by atoms with Crippen molar-refractivity contribution in [2.24, 2.45) is 0 Å². The molecule has 0 fully saturated rings. The summed E-state index contributed by atoms with van der Waals surface area (Å²) in [6.45, 7) is 5.00. The van der Waals surface area contributed by atoms with Crippen LogP contribution in [0, 0.1) is 0 Å². The first-order chi connectivity index (χ1) is 12.7. The summed E-state index contributed by atoms with van der Waals surface area (Å²) in [6.07, 6.45) is 11.0. The van der Waals surface area contributed by atoms with Crippen molar-refractivity contribution in [3.8, 4) is 11.5 Å². The summed E-state index contributed by atoms with van der Waals surface area (Å²) in [5.74, 6) is 1.39. The van der Waals surface area contributed by atoms with Crippen LogP contribution >= 0.6 is 0 Å². The smallest absolute Gasteiger partial charge is 0.170 e. The zero-order valence-electron chi connectivity index (χ0n) is 16.6. The number of hydrogen-bond acceptors (Lipinski definition) is 4. The second-order valence-corrected chi connectivity index (χ2v) is 6.87. The molecule has 0 amide bonds. The largest absolute Gasteiger partial charge is 0.493 e. The number of benzene rings is 1. The number of hydrogen-bond donors (Lipinski definition) is 1. The van der Waals surface area contributed by atoms with Gasteiger partial charge in [-0.15, -0.1) is 0 Å². The molecule has 1 aromatic carbocycles. The van der Waals surface area contributed by atoms with Crippen LogP contribution in [0.4, 0.5) is 0 Å². The number of aliphatic hydroxyl groups excluding tert-OH is 1. The van der Waals surface area contributed by atoms with Crippen LogP contribution in [0.15, 0.2) is 18.2 Å². The fourth-order valence-corrected chi connectivity index (χ4v) is 2.77. The third-order valence-electron chi connectivity index (χ3n) is 4.35. The van der Waals surface area contributed by atoms with Crippen molar-refractivity contribution < 1.29 is 19.4 Å². The van der Waals surface area contributed by atoms with E-state index in [1.54, 1.807) is 12.1 Å². The van der Waals surface area contributed by atoms with Gasteiger partial charge in [0.2, 0.25) is 0 Å². The van der Waals surface area contributed by atoms with Gasteiger partial charge >= 0.3 is 0 Å². The Morgan fingerprint density at radius 3 is 2.15 bits per heavy atom. The van der Waals surface area contributed by atoms with Crippen molar-refractivity contribution in [1.82, 2.24) is 0 Å². The Kier molecular flexibility index (Phi) is 12.6. The Bertz CT molecular complexity index is 499. The molecule has 0 aliphatic heterocycles. The number of rotatable bonds is 16. The number of unbranched alkanes of at least 4 members (excludes halogenated alkanes) is 7. The van der Waals surface area contributed by atoms with E-state index in [0.29, 0.717) is 24.5 Å². The fourth-order valence-electron chi connectivity index (χ4n) is 2.77. The minimum absolute atomic E-state index is 0.0744. The van der Waals surface area contributed by atoms with Crippen molar-refractivity contribution in [2.75, 3.05) is 13.2 Å². The molecule has 0 bridgehead atoms. The number of ether oxygens (including phenoxy) is 2. The molecule has 0 saturated carbocycles. The number of carbonyl (C=O) groups excluding carboxylic acids is 1. The summed E-state index contributed by atoms with van der Waals surface area (Å²) in [5, 5.41) is 9.42. The van der Waals surface area contributed by atoms with Crippen LogP contribution in [0.3, 0.4) is 0 Å². The lowest BCUT2D eigenvalue weighted by Crippen LogP contribution is -2.11. The van der Waals surface area contributed by atoms with Gasteiger partial charge in [0, 0.05) is 12.5 Å². The van der Waals surface area contributed by atoms with Crippen LogP contribution in [0.1, 0.15) is 83.6 Å². The van der Waals surface area contributed by atoms with Gasteiger partial charge in [-0.2, -0.15) is 0 Å². The fraction of sp³-hybridized carbons (Fsp3) is 0.682. The van der Waals surface area contributed by atoms with E-state index in [0.717, 1.165) is 31.2 Å². The number of carbonyl (C=O) groups is 1. The van der Waals surface area contributed by atoms with Crippen LogP contribution in [-0.4, -0.2) is 24.1 Å². The van der Waals surface area contributed by atoms with Crippen molar-refractivity contribution >= 4 is 5.78 Å². The quantitative estimate of drug-likeness (QED) is 0.396. The molecule has 0 radical (unpaired) electrons. The van der Waals surface area contributed by atoms with Gasteiger partial charge in [0.1, 0.15) is 18.1 Å². The minimum atomic E-state index is -0.0744. The lowest BCUT2D eigenvalue weighted by atomic mass is 10.1. The summed E-state index contributed by atoms with van der Waals surface area (Å²) >= 11 is 0. The minimum Gasteiger partial charge on any atom is -0.493 e. The van der Waals surface area contributed by atoms with Crippen molar-refractivity contribution in [3.63, 3.8) is 0 Å². The first-order valence-electron chi connectivity index (χ1n) is 10.2. The Hall–Kier alpha value is -1.55. The van der Waals surface area contributed by atoms with Crippen molar-refractivity contribution in [3.05, 3.63) is 23.8 Å². The molecule has 26 heavy (non-hydrogen) atoms. The summed E-state index contributed by atoms with van der Waals surface area (Å²) < 4.78 is 11.4. The van der Waals surface area contributed by atoms with Crippen LogP contribution in [-0.2, 0) is 11.4 Å². The van der Waals surface area contributed by atoms with Crippen LogP contribution in [0.5, 0.6) is 11.5 Å². The zero-order chi connectivity index (χ0) is 19.0. The van der Waals surface area contributed by atoms with Crippen molar-refractivity contribution in [2.45, 2.75) is 84.7 Å². The van der Waals surface area contributed by atoms with Gasteiger partial charge in [0.25, 0.3) is 0 Å². The van der Waals surface area contributed by atoms with E-state index >= 15 is 0 Å². The summed E-state index contributed by atoms with van der Waals surface area (Å²) in [7, 11) is 0. The third kappa shape index (κ3) is 10.4. The van der Waals surface area contributed by atoms with Gasteiger partial charge < -0.3 is 14.6 Å². The van der Waals surface area contributed by atoms with Gasteiger partial charge in [0.15, 0.2) is 5.78 Å². The molecule has 0 atom stereocenters. The molecule has 0 aliphatic carbocycles. The molecule has 1 rings (SSSR count). The highest BCUT2D eigenvalue weighted by molar-refractivity contribution is 5.79. The monoisotopic (exact) mass is 364 g/mol. The highest BCUT2D eigenvalue weighted by Crippen LogP contribution is 2.23. The maximum Gasteiger partial charge on any atom is 0.170 e. The molecule has 1 aromatic rings. The molecular weight excluding hydrogens is 328 g/mol. The second-order valence-electron chi connectivity index (χ2n) is 6.87. The summed E-state index contributed by atoms with van der Waals surface area (Å²) in [6, 6.07) is 5.39. The lowest BCUT2D eigenvalue weighted by Gasteiger charge is -2.11. The standard InChI is InChI=1S/C22H36O4/c1-3-5-7-8-9-11-13-25-21-14-19(17-23)15-22(16-21)26-18-20(24)12-10-6-4-2/h14-16,23H,3-13,17-18H2,1-2H3. The van der Waals surface area contributed by atoms with Gasteiger partial charge in [-0.3, -0.25) is 4.79 Å². The Balaban J connectivity index is 2.40. The molecule has 0 aromatic heterocycles. The first kappa shape index (κ1) is 22.5. The van der Waals surface area contributed by atoms with Gasteiger partial charge in [-0.05, 0) is 30.5 Å². The van der Waals surface area contributed by atoms with E-state index in [1.807, 2.05) is 6.07 Å². The average molecular weight is 365 g/mol. The molecule has 4 nitrogen and oxygen atoms in total. The van der Waals surface area contributed by atoms with Crippen LogP contribution in [0.2, 0.25) is 0 Å². The lowest BCUT2D eigenvalue weighted by molar-refractivity contribution is -0.121. The molecular formula is C22H36O4. The van der Waals surface area contributed by atoms with Gasteiger partial charge in [-0.25, -0.2) is 0 Å². The Labute approximate surface area is 158 Å². The highest BCUT2D eigenvalue weighted by atomic mass is 16.5. The SMILES string of the molecule is CCCCCCCCOc1cc(CO)cc(OCC(=O)CCCCC)c1. The summed E-state index contributed by atoms with van der Waals surface area (Å²) in [4.78, 5) is 11.8. The average Bonchev–Trinajstić information content (AvgIpc) is 2.65. The van der Waals surface area contributed by atoms with Crippen molar-refractivity contribution in [1.29, 1.82) is 0 Å². The van der Waals surface area contributed by atoms with E-state index in [1.165, 1.54) is 32.1 Å². The second kappa shape index (κ2) is 14.6. The molecule has 148 valence electrons. The topological polar surface area (TPSA) is 55.8 Å². The number of ketones is 1. The molecule has 0 saturated heterocycles. The highest BCUT2D eigenvalue weighted by Gasteiger charge is 2.07. The van der Waals surface area contributed by atoms with Gasteiger partial charge in [0.05, 0.1) is 13.2 Å². The predicted octanol–water partition coefficient (Wildman–Crippen LogP) is 5.45. The number of aliphatic hydroxyl groups is 1. The molecule has 0 spiro atoms. The summed E-state index contributed by atoms with van der Waals surface area (Å²) in [5.41, 5.74) is 0.735. The number of Topliss-reactive ketones (excluding diaryl/α,β-unsaturated/α-hetero) is 1. The third-order valence-corrected chi connectivity index (χ3v) is 4.35. The molecule has 1 N–H and O–H groups in total. The normalized spacial score (nSPS) is 10.7. The predicted molar refractivity (Wildman–Crippen MR) is 106 cm³/mol. The van der Waals surface area contributed by atoms with E-state index in [4.69, 9.17) is 9.47 Å². The maximum absolute atomic E-state index is 11.8. The van der Waals surface area contributed by atoms with E-state index in [-0.39, 0.29) is 19.0 Å². The molecule has 0 unspecified atom stereocenters. The van der Waals surface area contributed by atoms with Crippen LogP contribution < -0.4 is 9.47 Å². The van der Waals surface area contributed by atoms with Crippen LogP contribution in [0.25, 0.3) is 0 Å². The maximum atomic E-state index is 11.8. The molecule has 0 heterocycles. The first-order valence-corrected chi connectivity index (χ1v) is 10.2. The van der Waals surface area contributed by atoms with Gasteiger partial charge in [-0.1, -0.05) is 58.8 Å². The van der Waals surface area contributed by atoms with E-state index < -0.39 is 0 Å². The van der Waals surface area contributed by atoms with E-state index in [2.05, 4.69) is 13.8 Å². The zero-order valence-corrected chi connectivity index (χ0v) is 16.6. The Morgan fingerprint density at radius 1 is 0.846 bits per heavy atom. The molecule has 0 aliphatic rings. The Morgan fingerprint density at radius 2 is 1.46 bits per heavy atom. The van der Waals surface area contributed by atoms with E-state index in [9.17, 15) is 9.90 Å². The molecule has 4 heteroatoms.